The van der Waals surface area contributed by atoms with Crippen LogP contribution in [0.3, 0.4) is 0 Å². The minimum atomic E-state index is -0.443. The molecular weight excluding hydrogens is 434 g/mol. The summed E-state index contributed by atoms with van der Waals surface area (Å²) in [5, 5.41) is 0.647. The van der Waals surface area contributed by atoms with Gasteiger partial charge in [0.2, 0.25) is 0 Å². The Morgan fingerprint density at radius 1 is 1.00 bits per heavy atom. The van der Waals surface area contributed by atoms with Crippen LogP contribution in [0.4, 0.5) is 0 Å². The van der Waals surface area contributed by atoms with Crippen molar-refractivity contribution in [1.82, 2.24) is 15.8 Å². The van der Waals surface area contributed by atoms with Crippen LogP contribution in [0.2, 0.25) is 5.02 Å². The van der Waals surface area contributed by atoms with Crippen molar-refractivity contribution in [2.24, 2.45) is 0 Å². The first kappa shape index (κ1) is 19.0. The Morgan fingerprint density at radius 2 is 1.67 bits per heavy atom. The summed E-state index contributed by atoms with van der Waals surface area (Å²) in [4.78, 5) is 26.8. The quantitative estimate of drug-likeness (QED) is 0.514. The van der Waals surface area contributed by atoms with Gasteiger partial charge in [-0.1, -0.05) is 23.7 Å². The highest BCUT2D eigenvalue weighted by Crippen LogP contribution is 2.17. The third kappa shape index (κ3) is 5.35. The zero-order valence-corrected chi connectivity index (χ0v) is 16.3. The van der Waals surface area contributed by atoms with Gasteiger partial charge in [-0.3, -0.25) is 20.4 Å². The van der Waals surface area contributed by atoms with E-state index < -0.39 is 11.8 Å². The fourth-order valence-electron chi connectivity index (χ4n) is 2.20. The maximum Gasteiger partial charge on any atom is 0.286 e. The topological polar surface area (TPSA) is 83.2 Å². The second-order valence-electron chi connectivity index (χ2n) is 5.58. The van der Waals surface area contributed by atoms with Gasteiger partial charge in [-0.25, -0.2) is 0 Å². The predicted molar refractivity (Wildman–Crippen MR) is 106 cm³/mol. The van der Waals surface area contributed by atoms with E-state index in [0.29, 0.717) is 28.6 Å². The van der Waals surface area contributed by atoms with Gasteiger partial charge < -0.3 is 9.72 Å². The molecule has 1 heterocycles. The molecule has 0 atom stereocenters. The number of rotatable bonds is 5. The van der Waals surface area contributed by atoms with Gasteiger partial charge in [-0.2, -0.15) is 0 Å². The maximum absolute atomic E-state index is 12.1. The van der Waals surface area contributed by atoms with Crippen LogP contribution >= 0.6 is 27.5 Å². The molecule has 138 valence electrons. The molecule has 0 aliphatic carbocycles. The molecule has 0 unspecified atom stereocenters. The number of benzene rings is 2. The van der Waals surface area contributed by atoms with E-state index in [1.54, 1.807) is 60.8 Å². The van der Waals surface area contributed by atoms with Crippen molar-refractivity contribution in [2.45, 2.75) is 6.61 Å². The van der Waals surface area contributed by atoms with Crippen LogP contribution < -0.4 is 15.6 Å². The molecule has 0 spiro atoms. The Hall–Kier alpha value is -2.77. The Balaban J connectivity index is 1.50. The summed E-state index contributed by atoms with van der Waals surface area (Å²) in [5.74, 6) is -0.152. The average molecular weight is 449 g/mol. The molecule has 2 amide bonds. The monoisotopic (exact) mass is 447 g/mol. The number of aromatic nitrogens is 1. The van der Waals surface area contributed by atoms with E-state index in [-0.39, 0.29) is 0 Å². The van der Waals surface area contributed by atoms with Gasteiger partial charge in [0.05, 0.1) is 0 Å². The average Bonchev–Trinajstić information content (AvgIpc) is 3.12. The van der Waals surface area contributed by atoms with Gasteiger partial charge in [0, 0.05) is 21.3 Å². The molecule has 0 saturated carbocycles. The van der Waals surface area contributed by atoms with Gasteiger partial charge in [-0.05, 0) is 64.0 Å². The summed E-state index contributed by atoms with van der Waals surface area (Å²) in [5.41, 5.74) is 6.37. The number of H-pyrrole nitrogens is 1. The molecule has 0 bridgehead atoms. The van der Waals surface area contributed by atoms with E-state index in [1.165, 1.54) is 0 Å². The van der Waals surface area contributed by atoms with E-state index in [1.807, 2.05) is 0 Å². The number of hydrogen-bond donors (Lipinski definition) is 3. The second-order valence-corrected chi connectivity index (χ2v) is 6.93. The maximum atomic E-state index is 12.1. The lowest BCUT2D eigenvalue weighted by Crippen LogP contribution is -2.41. The van der Waals surface area contributed by atoms with Crippen molar-refractivity contribution in [3.05, 3.63) is 87.1 Å². The van der Waals surface area contributed by atoms with Gasteiger partial charge in [0.1, 0.15) is 18.1 Å². The van der Waals surface area contributed by atoms with E-state index in [9.17, 15) is 9.59 Å². The number of carbonyl (C=O) groups excluding carboxylic acids is 2. The van der Waals surface area contributed by atoms with Gasteiger partial charge in [0.15, 0.2) is 0 Å². The molecule has 0 saturated heterocycles. The number of aromatic amines is 1. The summed E-state index contributed by atoms with van der Waals surface area (Å²) in [7, 11) is 0. The normalized spacial score (nSPS) is 10.3. The molecule has 27 heavy (non-hydrogen) atoms. The Kier molecular flexibility index (Phi) is 6.16. The lowest BCUT2D eigenvalue weighted by atomic mass is 10.1. The first-order valence-electron chi connectivity index (χ1n) is 7.93. The molecule has 8 heteroatoms. The highest BCUT2D eigenvalue weighted by Gasteiger charge is 2.10. The standard InChI is InChI=1S/C19H15BrClN3O3/c20-14-9-17(22-10-14)19(26)24-23-18(25)13-3-1-12(2-4-13)11-27-16-7-5-15(21)6-8-16/h1-10,22H,11H2,(H,23,25)(H,24,26). The number of carbonyl (C=O) groups is 2. The number of nitrogens with one attached hydrogen (secondary N) is 3. The number of halogens is 2. The van der Waals surface area contributed by atoms with Crippen LogP contribution in [0, 0.1) is 0 Å². The third-order valence-electron chi connectivity index (χ3n) is 3.62. The van der Waals surface area contributed by atoms with Crippen LogP contribution in [0.1, 0.15) is 26.4 Å². The van der Waals surface area contributed by atoms with Gasteiger partial charge in [-0.15, -0.1) is 0 Å². The second kappa shape index (κ2) is 8.75. The van der Waals surface area contributed by atoms with Crippen LogP contribution in [-0.2, 0) is 6.61 Å². The van der Waals surface area contributed by atoms with Crippen molar-refractivity contribution < 1.29 is 14.3 Å². The highest BCUT2D eigenvalue weighted by atomic mass is 79.9. The molecule has 3 aromatic rings. The smallest absolute Gasteiger partial charge is 0.286 e. The number of hydrogen-bond acceptors (Lipinski definition) is 3. The first-order valence-corrected chi connectivity index (χ1v) is 9.10. The van der Waals surface area contributed by atoms with Gasteiger partial charge >= 0.3 is 0 Å². The summed E-state index contributed by atoms with van der Waals surface area (Å²) < 4.78 is 6.40. The van der Waals surface area contributed by atoms with Crippen molar-refractivity contribution in [3.8, 4) is 5.75 Å². The van der Waals surface area contributed by atoms with Crippen molar-refractivity contribution in [1.29, 1.82) is 0 Å². The summed E-state index contributed by atoms with van der Waals surface area (Å²) >= 11 is 9.07. The van der Waals surface area contributed by atoms with Crippen molar-refractivity contribution >= 4 is 39.3 Å². The Labute approximate surface area is 169 Å². The van der Waals surface area contributed by atoms with Crippen molar-refractivity contribution in [3.63, 3.8) is 0 Å². The van der Waals surface area contributed by atoms with Crippen LogP contribution in [0.5, 0.6) is 5.75 Å². The molecule has 1 aromatic heterocycles. The number of hydrazine groups is 1. The Bertz CT molecular complexity index is 940. The van der Waals surface area contributed by atoms with Crippen LogP contribution in [0.25, 0.3) is 0 Å². The van der Waals surface area contributed by atoms with E-state index in [0.717, 1.165) is 10.0 Å². The fraction of sp³-hybridized carbons (Fsp3) is 0.0526. The van der Waals surface area contributed by atoms with Crippen LogP contribution in [0.15, 0.2) is 65.3 Å². The minimum Gasteiger partial charge on any atom is -0.489 e. The molecule has 3 N–H and O–H groups in total. The van der Waals surface area contributed by atoms with Crippen molar-refractivity contribution in [2.75, 3.05) is 0 Å². The molecule has 2 aromatic carbocycles. The third-order valence-corrected chi connectivity index (χ3v) is 4.33. The highest BCUT2D eigenvalue weighted by molar-refractivity contribution is 9.10. The molecule has 3 rings (SSSR count). The largest absolute Gasteiger partial charge is 0.489 e. The molecular formula is C19H15BrClN3O3. The van der Waals surface area contributed by atoms with Gasteiger partial charge in [0.25, 0.3) is 11.8 Å². The number of ether oxygens (including phenoxy) is 1. The summed E-state index contributed by atoms with van der Waals surface area (Å²) in [6.07, 6.45) is 1.63. The first-order chi connectivity index (χ1) is 13.0. The predicted octanol–water partition coefficient (Wildman–Crippen LogP) is 4.08. The van der Waals surface area contributed by atoms with Crippen LogP contribution in [-0.4, -0.2) is 16.8 Å². The molecule has 6 nitrogen and oxygen atoms in total. The summed E-state index contributed by atoms with van der Waals surface area (Å²) in [6, 6.07) is 15.6. The molecule has 0 radical (unpaired) electrons. The lowest BCUT2D eigenvalue weighted by Gasteiger charge is -2.08. The zero-order valence-electron chi connectivity index (χ0n) is 14.0. The number of amides is 2. The van der Waals surface area contributed by atoms with E-state index >= 15 is 0 Å². The molecule has 0 aliphatic rings. The zero-order chi connectivity index (χ0) is 19.2. The SMILES string of the molecule is O=C(NNC(=O)c1cc(Br)c[nH]1)c1ccc(COc2ccc(Cl)cc2)cc1. The summed E-state index contributed by atoms with van der Waals surface area (Å²) in [6.45, 7) is 0.363. The fourth-order valence-corrected chi connectivity index (χ4v) is 2.67. The lowest BCUT2D eigenvalue weighted by molar-refractivity contribution is 0.0844. The van der Waals surface area contributed by atoms with E-state index in [2.05, 4.69) is 31.8 Å². The van der Waals surface area contributed by atoms with E-state index in [4.69, 9.17) is 16.3 Å². The Morgan fingerprint density at radius 3 is 2.30 bits per heavy atom. The molecule has 0 aliphatic heterocycles. The molecule has 0 fully saturated rings. The minimum absolute atomic E-state index is 0.330.